The summed E-state index contributed by atoms with van der Waals surface area (Å²) in [7, 11) is 0. The summed E-state index contributed by atoms with van der Waals surface area (Å²) in [6.45, 7) is -0.162. The molecule has 2 aromatic carbocycles. The highest BCUT2D eigenvalue weighted by atomic mass is 16.5. The molecule has 0 saturated heterocycles. The van der Waals surface area contributed by atoms with Crippen LogP contribution in [0.2, 0.25) is 0 Å². The third-order valence-corrected chi connectivity index (χ3v) is 6.53. The van der Waals surface area contributed by atoms with E-state index in [9.17, 15) is 19.5 Å². The summed E-state index contributed by atoms with van der Waals surface area (Å²) in [5, 5.41) is 23.5. The fourth-order valence-electron chi connectivity index (χ4n) is 4.90. The highest BCUT2D eigenvalue weighted by Crippen LogP contribution is 2.44. The summed E-state index contributed by atoms with van der Waals surface area (Å²) >= 11 is 0. The van der Waals surface area contributed by atoms with E-state index in [1.165, 1.54) is 0 Å². The number of aliphatic hydroxyl groups is 1. The average molecular weight is 453 g/mol. The Morgan fingerprint density at radius 1 is 1.00 bits per heavy atom. The molecule has 2 aliphatic rings. The van der Waals surface area contributed by atoms with Gasteiger partial charge >= 0.3 is 12.1 Å². The van der Waals surface area contributed by atoms with Crippen molar-refractivity contribution in [1.82, 2.24) is 10.6 Å². The van der Waals surface area contributed by atoms with Crippen LogP contribution in [0.1, 0.15) is 42.7 Å². The van der Waals surface area contributed by atoms with Gasteiger partial charge in [0.05, 0.1) is 5.92 Å². The zero-order chi connectivity index (χ0) is 23.4. The van der Waals surface area contributed by atoms with Gasteiger partial charge in [-0.1, -0.05) is 55.0 Å². The molecule has 0 spiro atoms. The van der Waals surface area contributed by atoms with Gasteiger partial charge in [0.25, 0.3) is 0 Å². The largest absolute Gasteiger partial charge is 0.480 e. The van der Waals surface area contributed by atoms with Gasteiger partial charge in [-0.15, -0.1) is 0 Å². The Labute approximate surface area is 192 Å². The van der Waals surface area contributed by atoms with Crippen molar-refractivity contribution < 1.29 is 29.3 Å². The number of nitrogens with one attached hydrogen (secondary N) is 2. The highest BCUT2D eigenvalue weighted by Gasteiger charge is 2.36. The smallest absolute Gasteiger partial charge is 0.407 e. The number of ether oxygens (including phenoxy) is 1. The topological polar surface area (TPSA) is 125 Å². The van der Waals surface area contributed by atoms with E-state index < -0.39 is 36.0 Å². The quantitative estimate of drug-likeness (QED) is 0.488. The van der Waals surface area contributed by atoms with Crippen LogP contribution in [-0.4, -0.2) is 53.5 Å². The summed E-state index contributed by atoms with van der Waals surface area (Å²) in [6, 6.07) is 14.6. The molecule has 0 bridgehead atoms. The van der Waals surface area contributed by atoms with Gasteiger partial charge in [-0.25, -0.2) is 9.59 Å². The Morgan fingerprint density at radius 3 is 2.24 bits per heavy atom. The van der Waals surface area contributed by atoms with E-state index in [2.05, 4.69) is 22.8 Å². The van der Waals surface area contributed by atoms with Crippen molar-refractivity contribution >= 4 is 18.0 Å². The molecule has 2 amide bonds. The van der Waals surface area contributed by atoms with Crippen molar-refractivity contribution in [3.8, 4) is 11.1 Å². The predicted octanol–water partition coefficient (Wildman–Crippen LogP) is 2.65. The molecule has 8 heteroatoms. The third kappa shape index (κ3) is 4.85. The summed E-state index contributed by atoms with van der Waals surface area (Å²) in [5.41, 5.74) is 4.53. The van der Waals surface area contributed by atoms with Gasteiger partial charge in [0.15, 0.2) is 0 Å². The Balaban J connectivity index is 1.36. The molecule has 174 valence electrons. The molecule has 4 rings (SSSR count). The Bertz CT molecular complexity index is 994. The molecule has 0 aliphatic heterocycles. The number of fused-ring (bicyclic) bond motifs is 3. The number of carboxylic acid groups (broad SMARTS) is 1. The molecular formula is C25H28N2O6. The monoisotopic (exact) mass is 452 g/mol. The lowest BCUT2D eigenvalue weighted by Gasteiger charge is -2.23. The van der Waals surface area contributed by atoms with Crippen molar-refractivity contribution in [2.45, 2.75) is 43.7 Å². The lowest BCUT2D eigenvalue weighted by molar-refractivity contribution is -0.143. The molecular weight excluding hydrogens is 424 g/mol. The van der Waals surface area contributed by atoms with E-state index in [1.54, 1.807) is 0 Å². The number of carboxylic acids is 1. The summed E-state index contributed by atoms with van der Waals surface area (Å²) in [4.78, 5) is 36.5. The highest BCUT2D eigenvalue weighted by molar-refractivity contribution is 5.86. The number of aliphatic carboxylic acids is 1. The number of carbonyl (C=O) groups excluding carboxylic acids is 2. The van der Waals surface area contributed by atoms with Crippen molar-refractivity contribution in [2.75, 3.05) is 13.2 Å². The minimum atomic E-state index is -1.20. The van der Waals surface area contributed by atoms with Crippen LogP contribution in [0.15, 0.2) is 48.5 Å². The van der Waals surface area contributed by atoms with E-state index >= 15 is 0 Å². The second-order valence-corrected chi connectivity index (χ2v) is 8.53. The van der Waals surface area contributed by atoms with E-state index in [-0.39, 0.29) is 25.6 Å². The van der Waals surface area contributed by atoms with Crippen LogP contribution in [0, 0.1) is 5.92 Å². The lowest BCUT2D eigenvalue weighted by Crippen LogP contribution is -2.49. The molecule has 33 heavy (non-hydrogen) atoms. The Kier molecular flexibility index (Phi) is 6.93. The summed E-state index contributed by atoms with van der Waals surface area (Å²) < 4.78 is 5.58. The molecule has 8 nitrogen and oxygen atoms in total. The van der Waals surface area contributed by atoms with Gasteiger partial charge in [-0.05, 0) is 35.1 Å². The van der Waals surface area contributed by atoms with E-state index in [0.29, 0.717) is 12.8 Å². The number of hydrogen-bond acceptors (Lipinski definition) is 5. The van der Waals surface area contributed by atoms with Crippen LogP contribution in [0.25, 0.3) is 11.1 Å². The number of hydrogen-bond donors (Lipinski definition) is 4. The number of aliphatic hydroxyl groups excluding tert-OH is 1. The van der Waals surface area contributed by atoms with Gasteiger partial charge in [-0.3, -0.25) is 4.79 Å². The van der Waals surface area contributed by atoms with Crippen LogP contribution < -0.4 is 10.6 Å². The van der Waals surface area contributed by atoms with Crippen LogP contribution in [-0.2, 0) is 14.3 Å². The zero-order valence-electron chi connectivity index (χ0n) is 18.2. The third-order valence-electron chi connectivity index (χ3n) is 6.53. The summed E-state index contributed by atoms with van der Waals surface area (Å²) in [5.74, 6) is -2.22. The minimum absolute atomic E-state index is 0.0550. The van der Waals surface area contributed by atoms with Crippen LogP contribution >= 0.6 is 0 Å². The van der Waals surface area contributed by atoms with Gasteiger partial charge in [0, 0.05) is 25.0 Å². The minimum Gasteiger partial charge on any atom is -0.480 e. The first-order valence-corrected chi connectivity index (χ1v) is 11.2. The standard InChI is InChI=1S/C25H28N2O6/c28-13-12-22(24(30)31)26-23(29)19-10-5-11-21(19)27-25(32)33-14-20-17-8-3-1-6-15(17)16-7-2-4-9-18(16)20/h1-4,6-9,19-22,28H,5,10-14H2,(H,26,29)(H,27,32)(H,30,31)/t19-,21+,22+/m0/s1. The van der Waals surface area contributed by atoms with Crippen molar-refractivity contribution in [3.05, 3.63) is 59.7 Å². The van der Waals surface area contributed by atoms with Gasteiger partial charge in [0.1, 0.15) is 12.6 Å². The maximum absolute atomic E-state index is 12.6. The molecule has 1 saturated carbocycles. The number of alkyl carbamates (subject to hydrolysis) is 1. The van der Waals surface area contributed by atoms with Gasteiger partial charge < -0.3 is 25.6 Å². The van der Waals surface area contributed by atoms with Crippen LogP contribution in [0.5, 0.6) is 0 Å². The zero-order valence-corrected chi connectivity index (χ0v) is 18.2. The fraction of sp³-hybridized carbons (Fsp3) is 0.400. The van der Waals surface area contributed by atoms with E-state index in [0.717, 1.165) is 28.7 Å². The van der Waals surface area contributed by atoms with Crippen molar-refractivity contribution in [1.29, 1.82) is 0 Å². The molecule has 2 aliphatic carbocycles. The Hall–Kier alpha value is -3.39. The van der Waals surface area contributed by atoms with Gasteiger partial charge in [0.2, 0.25) is 5.91 Å². The average Bonchev–Trinajstić information content (AvgIpc) is 3.40. The van der Waals surface area contributed by atoms with Crippen molar-refractivity contribution in [3.63, 3.8) is 0 Å². The summed E-state index contributed by atoms with van der Waals surface area (Å²) in [6.07, 6.45) is 1.24. The molecule has 4 N–H and O–H groups in total. The van der Waals surface area contributed by atoms with Gasteiger partial charge in [-0.2, -0.15) is 0 Å². The fourth-order valence-corrected chi connectivity index (χ4v) is 4.90. The van der Waals surface area contributed by atoms with E-state index in [1.807, 2.05) is 36.4 Å². The molecule has 0 radical (unpaired) electrons. The second-order valence-electron chi connectivity index (χ2n) is 8.53. The first kappa shape index (κ1) is 22.8. The van der Waals surface area contributed by atoms with Crippen LogP contribution in [0.3, 0.4) is 0 Å². The lowest BCUT2D eigenvalue weighted by atomic mass is 9.98. The molecule has 0 aromatic heterocycles. The molecule has 3 atom stereocenters. The Morgan fingerprint density at radius 2 is 1.64 bits per heavy atom. The second kappa shape index (κ2) is 10.0. The number of rotatable bonds is 8. The SMILES string of the molecule is O=C(N[C@@H]1CCC[C@@H]1C(=O)N[C@H](CCO)C(=O)O)OCC1c2ccccc2-c2ccccc21. The molecule has 0 heterocycles. The normalized spacial score (nSPS) is 19.9. The number of amides is 2. The van der Waals surface area contributed by atoms with Crippen LogP contribution in [0.4, 0.5) is 4.79 Å². The number of benzene rings is 2. The molecule has 2 aromatic rings. The number of carbonyl (C=O) groups is 3. The first-order chi connectivity index (χ1) is 16.0. The first-order valence-electron chi connectivity index (χ1n) is 11.2. The maximum atomic E-state index is 12.6. The van der Waals surface area contributed by atoms with E-state index in [4.69, 9.17) is 9.84 Å². The van der Waals surface area contributed by atoms with Crippen molar-refractivity contribution in [2.24, 2.45) is 5.92 Å². The molecule has 1 fully saturated rings. The predicted molar refractivity (Wildman–Crippen MR) is 121 cm³/mol. The maximum Gasteiger partial charge on any atom is 0.407 e. The molecule has 0 unspecified atom stereocenters.